The molecule has 0 N–H and O–H groups in total. The van der Waals surface area contributed by atoms with Crippen LogP contribution in [-0.2, 0) is 0 Å². The Morgan fingerprint density at radius 2 is 1.82 bits per heavy atom. The first-order valence-electron chi connectivity index (χ1n) is 5.15. The standard InChI is InChI=1S/C13H11ClFNO/c1-8-7-12(13(14)17)9(2)16(8)11-5-3-10(15)4-6-11/h3-7H,1-2H3. The average Bonchev–Trinajstić information content (AvgIpc) is 2.56. The fraction of sp³-hybridized carbons (Fsp3) is 0.154. The second-order valence-electron chi connectivity index (χ2n) is 3.87. The van der Waals surface area contributed by atoms with Gasteiger partial charge in [-0.15, -0.1) is 0 Å². The number of aryl methyl sites for hydroxylation is 1. The van der Waals surface area contributed by atoms with Gasteiger partial charge in [0.05, 0.1) is 5.56 Å². The molecule has 0 unspecified atom stereocenters. The summed E-state index contributed by atoms with van der Waals surface area (Å²) in [7, 11) is 0. The molecule has 0 radical (unpaired) electrons. The van der Waals surface area contributed by atoms with E-state index in [0.717, 1.165) is 17.1 Å². The van der Waals surface area contributed by atoms with E-state index in [0.29, 0.717) is 5.56 Å². The fourth-order valence-electron chi connectivity index (χ4n) is 1.95. The van der Waals surface area contributed by atoms with Gasteiger partial charge in [0.1, 0.15) is 5.82 Å². The van der Waals surface area contributed by atoms with Crippen LogP contribution in [0.3, 0.4) is 0 Å². The van der Waals surface area contributed by atoms with Gasteiger partial charge in [-0.05, 0) is 55.8 Å². The zero-order chi connectivity index (χ0) is 12.6. The van der Waals surface area contributed by atoms with Crippen molar-refractivity contribution in [1.82, 2.24) is 4.57 Å². The summed E-state index contributed by atoms with van der Waals surface area (Å²) in [5, 5.41) is -0.480. The highest BCUT2D eigenvalue weighted by Gasteiger charge is 2.14. The van der Waals surface area contributed by atoms with Crippen LogP contribution in [0.5, 0.6) is 0 Å². The molecule has 1 aromatic heterocycles. The van der Waals surface area contributed by atoms with Gasteiger partial charge in [-0.2, -0.15) is 0 Å². The molecule has 0 bridgehead atoms. The van der Waals surface area contributed by atoms with Gasteiger partial charge >= 0.3 is 0 Å². The van der Waals surface area contributed by atoms with Gasteiger partial charge in [-0.1, -0.05) is 0 Å². The molecule has 0 fully saturated rings. The Bertz CT molecular complexity index is 572. The van der Waals surface area contributed by atoms with E-state index in [1.165, 1.54) is 12.1 Å². The Morgan fingerprint density at radius 1 is 1.24 bits per heavy atom. The Kier molecular flexibility index (Phi) is 3.03. The quantitative estimate of drug-likeness (QED) is 0.748. The monoisotopic (exact) mass is 251 g/mol. The van der Waals surface area contributed by atoms with Crippen molar-refractivity contribution in [2.45, 2.75) is 13.8 Å². The maximum absolute atomic E-state index is 12.9. The first-order valence-corrected chi connectivity index (χ1v) is 5.53. The molecule has 0 atom stereocenters. The molecule has 0 aliphatic heterocycles. The minimum absolute atomic E-state index is 0.287. The van der Waals surface area contributed by atoms with Crippen LogP contribution < -0.4 is 0 Å². The molecule has 0 saturated heterocycles. The maximum atomic E-state index is 12.9. The highest BCUT2D eigenvalue weighted by Crippen LogP contribution is 2.22. The van der Waals surface area contributed by atoms with Crippen molar-refractivity contribution in [3.05, 3.63) is 53.1 Å². The molecule has 0 saturated carbocycles. The number of nitrogens with zero attached hydrogens (tertiary/aromatic N) is 1. The van der Waals surface area contributed by atoms with Crippen LogP contribution in [-0.4, -0.2) is 9.81 Å². The Morgan fingerprint density at radius 3 is 2.29 bits per heavy atom. The molecule has 0 aliphatic rings. The zero-order valence-corrected chi connectivity index (χ0v) is 10.3. The van der Waals surface area contributed by atoms with Gasteiger partial charge < -0.3 is 4.57 Å². The second-order valence-corrected chi connectivity index (χ2v) is 4.21. The number of carbonyl (C=O) groups is 1. The zero-order valence-electron chi connectivity index (χ0n) is 9.50. The van der Waals surface area contributed by atoms with Crippen molar-refractivity contribution in [2.75, 3.05) is 0 Å². The molecule has 88 valence electrons. The Hall–Kier alpha value is -1.61. The Labute approximate surface area is 104 Å². The lowest BCUT2D eigenvalue weighted by molar-refractivity contribution is 0.108. The lowest BCUT2D eigenvalue weighted by Gasteiger charge is -2.09. The van der Waals surface area contributed by atoms with Gasteiger partial charge in [0, 0.05) is 17.1 Å². The predicted molar refractivity (Wildman–Crippen MR) is 65.4 cm³/mol. The Balaban J connectivity index is 2.59. The second kappa shape index (κ2) is 4.34. The smallest absolute Gasteiger partial charge is 0.254 e. The summed E-state index contributed by atoms with van der Waals surface area (Å²) in [5.74, 6) is -0.287. The number of hydrogen-bond donors (Lipinski definition) is 0. The van der Waals surface area contributed by atoms with Crippen LogP contribution in [0.15, 0.2) is 30.3 Å². The highest BCUT2D eigenvalue weighted by molar-refractivity contribution is 6.67. The van der Waals surface area contributed by atoms with E-state index in [1.807, 2.05) is 18.4 Å². The summed E-state index contributed by atoms with van der Waals surface area (Å²) < 4.78 is 14.7. The van der Waals surface area contributed by atoms with E-state index in [9.17, 15) is 9.18 Å². The van der Waals surface area contributed by atoms with Gasteiger partial charge in [0.2, 0.25) is 0 Å². The molecule has 17 heavy (non-hydrogen) atoms. The van der Waals surface area contributed by atoms with E-state index < -0.39 is 5.24 Å². The molecule has 4 heteroatoms. The molecule has 1 aromatic carbocycles. The minimum atomic E-state index is -0.480. The molecule has 2 nitrogen and oxygen atoms in total. The molecule has 2 rings (SSSR count). The summed E-state index contributed by atoms with van der Waals surface area (Å²) in [5.41, 5.74) is 2.94. The molecular weight excluding hydrogens is 241 g/mol. The lowest BCUT2D eigenvalue weighted by Crippen LogP contribution is -2.00. The summed E-state index contributed by atoms with van der Waals surface area (Å²) in [4.78, 5) is 11.2. The number of rotatable bonds is 2. The summed E-state index contributed by atoms with van der Waals surface area (Å²) in [6, 6.07) is 7.83. The molecule has 0 amide bonds. The van der Waals surface area contributed by atoms with Crippen molar-refractivity contribution < 1.29 is 9.18 Å². The largest absolute Gasteiger partial charge is 0.318 e. The third-order valence-electron chi connectivity index (χ3n) is 2.73. The van der Waals surface area contributed by atoms with Gasteiger partial charge in [0.25, 0.3) is 5.24 Å². The normalized spacial score (nSPS) is 10.6. The van der Waals surface area contributed by atoms with Crippen molar-refractivity contribution in [3.8, 4) is 5.69 Å². The van der Waals surface area contributed by atoms with Crippen LogP contribution >= 0.6 is 11.6 Å². The molecule has 1 heterocycles. The van der Waals surface area contributed by atoms with Crippen LogP contribution in [0.4, 0.5) is 4.39 Å². The molecule has 2 aromatic rings. The number of aromatic nitrogens is 1. The minimum Gasteiger partial charge on any atom is -0.318 e. The number of benzene rings is 1. The average molecular weight is 252 g/mol. The summed E-state index contributed by atoms with van der Waals surface area (Å²) in [6.07, 6.45) is 0. The van der Waals surface area contributed by atoms with E-state index in [2.05, 4.69) is 0 Å². The van der Waals surface area contributed by atoms with Crippen molar-refractivity contribution in [2.24, 2.45) is 0 Å². The number of halogens is 2. The fourth-order valence-corrected chi connectivity index (χ4v) is 2.14. The molecule has 0 aliphatic carbocycles. The maximum Gasteiger partial charge on any atom is 0.254 e. The van der Waals surface area contributed by atoms with E-state index in [-0.39, 0.29) is 5.82 Å². The van der Waals surface area contributed by atoms with Crippen molar-refractivity contribution in [1.29, 1.82) is 0 Å². The van der Waals surface area contributed by atoms with Gasteiger partial charge in [-0.25, -0.2) is 4.39 Å². The van der Waals surface area contributed by atoms with Crippen molar-refractivity contribution >= 4 is 16.8 Å². The summed E-state index contributed by atoms with van der Waals surface area (Å²) in [6.45, 7) is 3.69. The van der Waals surface area contributed by atoms with E-state index in [1.54, 1.807) is 18.2 Å². The first kappa shape index (κ1) is 11.9. The van der Waals surface area contributed by atoms with Crippen LogP contribution in [0.25, 0.3) is 5.69 Å². The van der Waals surface area contributed by atoms with E-state index in [4.69, 9.17) is 11.6 Å². The van der Waals surface area contributed by atoms with Gasteiger partial charge in [-0.3, -0.25) is 4.79 Å². The molecular formula is C13H11ClFNO. The van der Waals surface area contributed by atoms with Crippen LogP contribution in [0.2, 0.25) is 0 Å². The SMILES string of the molecule is Cc1cc(C(=O)Cl)c(C)n1-c1ccc(F)cc1. The third-order valence-corrected chi connectivity index (χ3v) is 2.93. The topological polar surface area (TPSA) is 22.0 Å². The van der Waals surface area contributed by atoms with Crippen molar-refractivity contribution in [3.63, 3.8) is 0 Å². The summed E-state index contributed by atoms with van der Waals surface area (Å²) >= 11 is 5.49. The van der Waals surface area contributed by atoms with E-state index >= 15 is 0 Å². The number of hydrogen-bond acceptors (Lipinski definition) is 1. The van der Waals surface area contributed by atoms with Crippen LogP contribution in [0, 0.1) is 19.7 Å². The lowest BCUT2D eigenvalue weighted by atomic mass is 10.2. The highest BCUT2D eigenvalue weighted by atomic mass is 35.5. The predicted octanol–water partition coefficient (Wildman–Crippen LogP) is 3.61. The molecule has 0 spiro atoms. The third kappa shape index (κ3) is 2.11. The van der Waals surface area contributed by atoms with Crippen LogP contribution in [0.1, 0.15) is 21.7 Å². The van der Waals surface area contributed by atoms with Gasteiger partial charge in [0.15, 0.2) is 0 Å². The number of carbonyl (C=O) groups excluding carboxylic acids is 1. The first-order chi connectivity index (χ1) is 8.00.